The maximum atomic E-state index is 13.9. The average molecular weight is 482 g/mol. The third-order valence-corrected chi connectivity index (χ3v) is 7.85. The van der Waals surface area contributed by atoms with Crippen molar-refractivity contribution in [2.24, 2.45) is 5.92 Å². The Morgan fingerprint density at radius 3 is 2.76 bits per heavy atom. The number of fused-ring (bicyclic) bond motifs is 1. The first-order chi connectivity index (χ1) is 16.7. The van der Waals surface area contributed by atoms with E-state index < -0.39 is 0 Å². The number of aromatic nitrogens is 3. The minimum atomic E-state index is -0.0457. The number of nitrogens with zero attached hydrogens (tertiary/aromatic N) is 4. The number of anilines is 1. The highest BCUT2D eigenvalue weighted by atomic mass is 32.1. The zero-order valence-electron chi connectivity index (χ0n) is 19.5. The molecule has 1 aliphatic carbocycles. The summed E-state index contributed by atoms with van der Waals surface area (Å²) in [6, 6.07) is 3.69. The number of likely N-dealkylation sites (tertiary alicyclic amines) is 1. The summed E-state index contributed by atoms with van der Waals surface area (Å²) in [5, 5.41) is 6.01. The number of hydrogen-bond acceptors (Lipinski definition) is 6. The second kappa shape index (κ2) is 10.2. The topological polar surface area (TPSA) is 89.3 Å². The molecule has 1 N–H and O–H groups in total. The highest BCUT2D eigenvalue weighted by Crippen LogP contribution is 2.36. The maximum absolute atomic E-state index is 13.9. The molecule has 3 heterocycles. The van der Waals surface area contributed by atoms with Crippen LogP contribution in [0, 0.1) is 5.92 Å². The van der Waals surface area contributed by atoms with E-state index in [4.69, 9.17) is 4.74 Å². The van der Waals surface area contributed by atoms with Crippen molar-refractivity contribution in [2.45, 2.75) is 57.5 Å². The van der Waals surface area contributed by atoms with Crippen LogP contribution in [0.15, 0.2) is 30.0 Å². The summed E-state index contributed by atoms with van der Waals surface area (Å²) in [6.07, 6.45) is 10.6. The number of amides is 2. The molecule has 2 aliphatic rings. The summed E-state index contributed by atoms with van der Waals surface area (Å²) in [7, 11) is 1.66. The smallest absolute Gasteiger partial charge is 0.256 e. The number of ether oxygens (including phenoxy) is 1. The number of carbonyl (C=O) groups is 2. The molecule has 180 valence electrons. The minimum Gasteiger partial charge on any atom is -0.383 e. The molecule has 0 unspecified atom stereocenters. The monoisotopic (exact) mass is 481 g/mol. The number of hydrogen-bond donors (Lipinski definition) is 1. The fourth-order valence-corrected chi connectivity index (χ4v) is 6.02. The fraction of sp³-hybridized carbons (Fsp3) is 0.520. The predicted molar refractivity (Wildman–Crippen MR) is 132 cm³/mol. The Morgan fingerprint density at radius 2 is 2.00 bits per heavy atom. The lowest BCUT2D eigenvalue weighted by molar-refractivity contribution is -0.120. The number of imidazole rings is 1. The molecule has 2 fully saturated rings. The van der Waals surface area contributed by atoms with Crippen molar-refractivity contribution < 1.29 is 14.3 Å². The molecule has 1 aromatic carbocycles. The summed E-state index contributed by atoms with van der Waals surface area (Å²) in [5.41, 5.74) is 2.68. The van der Waals surface area contributed by atoms with Crippen LogP contribution in [0.25, 0.3) is 11.0 Å². The second-order valence-corrected chi connectivity index (χ2v) is 10.1. The van der Waals surface area contributed by atoms with Gasteiger partial charge in [0.25, 0.3) is 5.91 Å². The Labute approximate surface area is 203 Å². The average Bonchev–Trinajstić information content (AvgIpc) is 3.63. The van der Waals surface area contributed by atoms with Gasteiger partial charge in [-0.3, -0.25) is 9.59 Å². The Kier molecular flexibility index (Phi) is 6.92. The van der Waals surface area contributed by atoms with Crippen molar-refractivity contribution in [2.75, 3.05) is 25.6 Å². The molecule has 1 saturated heterocycles. The van der Waals surface area contributed by atoms with Gasteiger partial charge in [0.1, 0.15) is 5.01 Å². The quantitative estimate of drug-likeness (QED) is 0.531. The first-order valence-electron chi connectivity index (χ1n) is 12.1. The Balaban J connectivity index is 1.50. The molecule has 0 bridgehead atoms. The van der Waals surface area contributed by atoms with Crippen LogP contribution in [-0.2, 0) is 16.1 Å². The SMILES string of the molecule is COCCn1cnc2cc(NC(=O)C3CCCCC3)cc(C(=O)N3CCC[C@@H]3c3nccs3)c21. The lowest BCUT2D eigenvalue weighted by Crippen LogP contribution is -2.31. The Bertz CT molecular complexity index is 1150. The zero-order chi connectivity index (χ0) is 23.5. The van der Waals surface area contributed by atoms with E-state index in [0.717, 1.165) is 49.0 Å². The first-order valence-corrected chi connectivity index (χ1v) is 13.0. The molecule has 2 amide bonds. The number of methoxy groups -OCH3 is 1. The summed E-state index contributed by atoms with van der Waals surface area (Å²) >= 11 is 1.59. The van der Waals surface area contributed by atoms with Gasteiger partial charge in [-0.2, -0.15) is 0 Å². The summed E-state index contributed by atoms with van der Waals surface area (Å²) in [5.74, 6) is 0.0319. The van der Waals surface area contributed by atoms with Crippen LogP contribution < -0.4 is 5.32 Å². The number of benzene rings is 1. The van der Waals surface area contributed by atoms with Gasteiger partial charge in [-0.15, -0.1) is 11.3 Å². The summed E-state index contributed by atoms with van der Waals surface area (Å²) < 4.78 is 7.23. The Hall–Kier alpha value is -2.78. The predicted octanol–water partition coefficient (Wildman–Crippen LogP) is 4.64. The molecule has 34 heavy (non-hydrogen) atoms. The normalized spacial score (nSPS) is 19.1. The van der Waals surface area contributed by atoms with E-state index in [9.17, 15) is 9.59 Å². The molecule has 2 aromatic heterocycles. The number of rotatable bonds is 7. The van der Waals surface area contributed by atoms with E-state index in [1.807, 2.05) is 27.0 Å². The van der Waals surface area contributed by atoms with Gasteiger partial charge in [-0.25, -0.2) is 9.97 Å². The van der Waals surface area contributed by atoms with Crippen LogP contribution in [0.2, 0.25) is 0 Å². The van der Waals surface area contributed by atoms with E-state index >= 15 is 0 Å². The van der Waals surface area contributed by atoms with Crippen LogP contribution in [-0.4, -0.2) is 51.5 Å². The standard InChI is InChI=1S/C25H31N5O3S/c1-33-12-11-29-16-27-20-15-18(28-23(31)17-6-3-2-4-7-17)14-19(22(20)29)25(32)30-10-5-8-21(30)24-26-9-13-34-24/h9,13-17,21H,2-8,10-12H2,1H3,(H,28,31)/t21-/m1/s1. The van der Waals surface area contributed by atoms with Crippen molar-refractivity contribution in [3.8, 4) is 0 Å². The number of carbonyl (C=O) groups excluding carboxylic acids is 2. The second-order valence-electron chi connectivity index (χ2n) is 9.17. The van der Waals surface area contributed by atoms with Gasteiger partial charge in [0.15, 0.2) is 0 Å². The van der Waals surface area contributed by atoms with Gasteiger partial charge in [0.05, 0.1) is 35.6 Å². The fourth-order valence-electron chi connectivity index (χ4n) is 5.23. The molecule has 0 spiro atoms. The number of nitrogens with one attached hydrogen (secondary N) is 1. The third kappa shape index (κ3) is 4.59. The van der Waals surface area contributed by atoms with Crippen molar-refractivity contribution in [3.63, 3.8) is 0 Å². The molecular weight excluding hydrogens is 450 g/mol. The van der Waals surface area contributed by atoms with Crippen LogP contribution in [0.1, 0.15) is 66.4 Å². The highest BCUT2D eigenvalue weighted by molar-refractivity contribution is 7.09. The van der Waals surface area contributed by atoms with E-state index in [-0.39, 0.29) is 23.8 Å². The van der Waals surface area contributed by atoms with E-state index in [1.165, 1.54) is 6.42 Å². The minimum absolute atomic E-state index is 0.0154. The van der Waals surface area contributed by atoms with Crippen molar-refractivity contribution >= 4 is 39.9 Å². The van der Waals surface area contributed by atoms with Gasteiger partial charge in [0, 0.05) is 43.4 Å². The lowest BCUT2D eigenvalue weighted by atomic mass is 9.88. The molecule has 1 atom stereocenters. The summed E-state index contributed by atoms with van der Waals surface area (Å²) in [4.78, 5) is 37.9. The van der Waals surface area contributed by atoms with Crippen LogP contribution in [0.5, 0.6) is 0 Å². The zero-order valence-corrected chi connectivity index (χ0v) is 20.4. The Morgan fingerprint density at radius 1 is 1.15 bits per heavy atom. The molecule has 0 radical (unpaired) electrons. The largest absolute Gasteiger partial charge is 0.383 e. The van der Waals surface area contributed by atoms with Gasteiger partial charge >= 0.3 is 0 Å². The van der Waals surface area contributed by atoms with Crippen LogP contribution in [0.4, 0.5) is 5.69 Å². The summed E-state index contributed by atoms with van der Waals surface area (Å²) in [6.45, 7) is 1.80. The van der Waals surface area contributed by atoms with Crippen LogP contribution >= 0.6 is 11.3 Å². The van der Waals surface area contributed by atoms with Crippen LogP contribution in [0.3, 0.4) is 0 Å². The first kappa shape index (κ1) is 23.0. The van der Waals surface area contributed by atoms with Gasteiger partial charge < -0.3 is 19.5 Å². The van der Waals surface area contributed by atoms with Gasteiger partial charge in [-0.05, 0) is 37.8 Å². The molecular formula is C25H31N5O3S. The molecule has 9 heteroatoms. The third-order valence-electron chi connectivity index (χ3n) is 6.97. The molecule has 5 rings (SSSR count). The maximum Gasteiger partial charge on any atom is 0.256 e. The highest BCUT2D eigenvalue weighted by Gasteiger charge is 2.34. The number of thiazole rings is 1. The van der Waals surface area contributed by atoms with Crippen molar-refractivity contribution in [1.29, 1.82) is 0 Å². The van der Waals surface area contributed by atoms with E-state index in [2.05, 4.69) is 15.3 Å². The molecule has 8 nitrogen and oxygen atoms in total. The van der Waals surface area contributed by atoms with Gasteiger partial charge in [-0.1, -0.05) is 19.3 Å². The lowest BCUT2D eigenvalue weighted by Gasteiger charge is -2.24. The molecule has 1 aliphatic heterocycles. The van der Waals surface area contributed by atoms with E-state index in [0.29, 0.717) is 36.5 Å². The van der Waals surface area contributed by atoms with Crippen molar-refractivity contribution in [1.82, 2.24) is 19.4 Å². The molecule has 1 saturated carbocycles. The van der Waals surface area contributed by atoms with Gasteiger partial charge in [0.2, 0.25) is 5.91 Å². The van der Waals surface area contributed by atoms with Crippen molar-refractivity contribution in [3.05, 3.63) is 40.6 Å². The molecule has 3 aromatic rings. The van der Waals surface area contributed by atoms with E-state index in [1.54, 1.807) is 31.0 Å².